The summed E-state index contributed by atoms with van der Waals surface area (Å²) in [4.78, 5) is 0. The van der Waals surface area contributed by atoms with Crippen LogP contribution in [-0.2, 0) is 0 Å². The number of aromatic nitrogens is 4. The Hall–Kier alpha value is -1.91. The Bertz CT molecular complexity index is 560. The highest BCUT2D eigenvalue weighted by Gasteiger charge is 2.25. The van der Waals surface area contributed by atoms with Crippen LogP contribution in [0.15, 0.2) is 24.3 Å². The number of hydrogen-bond donors (Lipinski definition) is 1. The van der Waals surface area contributed by atoms with Gasteiger partial charge in [0.25, 0.3) is 0 Å². The van der Waals surface area contributed by atoms with Crippen LogP contribution in [-0.4, -0.2) is 20.2 Å². The molecule has 0 bridgehead atoms. The van der Waals surface area contributed by atoms with Gasteiger partial charge in [0.2, 0.25) is 0 Å². The third-order valence-corrected chi connectivity index (χ3v) is 4.34. The SMILES string of the molecule is CCC1CCCC(n2nnnc2-c2ccc(N)cc2)C1. The van der Waals surface area contributed by atoms with E-state index in [0.717, 1.165) is 23.0 Å². The van der Waals surface area contributed by atoms with Crippen LogP contribution in [0.2, 0.25) is 0 Å². The van der Waals surface area contributed by atoms with E-state index in [9.17, 15) is 0 Å². The van der Waals surface area contributed by atoms with Gasteiger partial charge in [0.1, 0.15) is 0 Å². The predicted molar refractivity (Wildman–Crippen MR) is 79.0 cm³/mol. The summed E-state index contributed by atoms with van der Waals surface area (Å²) in [6, 6.07) is 8.18. The molecule has 5 heteroatoms. The number of tetrazole rings is 1. The quantitative estimate of drug-likeness (QED) is 0.871. The third kappa shape index (κ3) is 2.53. The first kappa shape index (κ1) is 13.1. The van der Waals surface area contributed by atoms with Crippen molar-refractivity contribution in [1.82, 2.24) is 20.2 Å². The summed E-state index contributed by atoms with van der Waals surface area (Å²) in [5, 5.41) is 12.3. The van der Waals surface area contributed by atoms with Gasteiger partial charge in [0.15, 0.2) is 5.82 Å². The number of hydrogen-bond acceptors (Lipinski definition) is 4. The highest BCUT2D eigenvalue weighted by Crippen LogP contribution is 2.35. The van der Waals surface area contributed by atoms with Crippen LogP contribution in [0.3, 0.4) is 0 Å². The maximum absolute atomic E-state index is 5.74. The third-order valence-electron chi connectivity index (χ3n) is 4.34. The topological polar surface area (TPSA) is 69.6 Å². The average Bonchev–Trinajstić information content (AvgIpc) is 2.97. The van der Waals surface area contributed by atoms with Crippen molar-refractivity contribution in [2.45, 2.75) is 45.1 Å². The number of anilines is 1. The van der Waals surface area contributed by atoms with E-state index in [1.54, 1.807) is 0 Å². The maximum atomic E-state index is 5.74. The Balaban J connectivity index is 1.88. The van der Waals surface area contributed by atoms with Gasteiger partial charge in [0.05, 0.1) is 6.04 Å². The van der Waals surface area contributed by atoms with Gasteiger partial charge in [-0.1, -0.05) is 26.2 Å². The highest BCUT2D eigenvalue weighted by atomic mass is 15.5. The van der Waals surface area contributed by atoms with Crippen LogP contribution in [0.25, 0.3) is 11.4 Å². The zero-order valence-corrected chi connectivity index (χ0v) is 11.9. The molecule has 2 unspecified atom stereocenters. The molecule has 2 N–H and O–H groups in total. The fourth-order valence-corrected chi connectivity index (χ4v) is 3.12. The summed E-state index contributed by atoms with van der Waals surface area (Å²) in [6.45, 7) is 2.27. The van der Waals surface area contributed by atoms with Crippen LogP contribution in [0.1, 0.15) is 45.1 Å². The summed E-state index contributed by atoms with van der Waals surface area (Å²) >= 11 is 0. The molecule has 1 aliphatic rings. The average molecular weight is 271 g/mol. The lowest BCUT2D eigenvalue weighted by atomic mass is 9.84. The van der Waals surface area contributed by atoms with Crippen molar-refractivity contribution in [2.24, 2.45) is 5.92 Å². The van der Waals surface area contributed by atoms with Gasteiger partial charge in [-0.3, -0.25) is 0 Å². The molecule has 0 saturated heterocycles. The molecule has 1 aromatic heterocycles. The van der Waals surface area contributed by atoms with Crippen LogP contribution < -0.4 is 5.73 Å². The summed E-state index contributed by atoms with van der Waals surface area (Å²) < 4.78 is 2.01. The molecular weight excluding hydrogens is 250 g/mol. The molecule has 3 rings (SSSR count). The van der Waals surface area contributed by atoms with E-state index in [1.807, 2.05) is 28.9 Å². The van der Waals surface area contributed by atoms with Gasteiger partial charge in [-0.25, -0.2) is 4.68 Å². The molecule has 0 amide bonds. The first-order valence-corrected chi connectivity index (χ1v) is 7.41. The second kappa shape index (κ2) is 5.61. The summed E-state index contributed by atoms with van der Waals surface area (Å²) in [5.41, 5.74) is 7.53. The van der Waals surface area contributed by atoms with Gasteiger partial charge in [-0.2, -0.15) is 0 Å². The van der Waals surface area contributed by atoms with Gasteiger partial charge in [-0.05, 0) is 53.5 Å². The van der Waals surface area contributed by atoms with Crippen molar-refractivity contribution < 1.29 is 0 Å². The Morgan fingerprint density at radius 3 is 2.80 bits per heavy atom. The fraction of sp³-hybridized carbons (Fsp3) is 0.533. The van der Waals surface area contributed by atoms with Crippen molar-refractivity contribution in [3.8, 4) is 11.4 Å². The van der Waals surface area contributed by atoms with Gasteiger partial charge in [-0.15, -0.1) is 5.10 Å². The van der Waals surface area contributed by atoms with Crippen LogP contribution in [0.4, 0.5) is 5.69 Å². The van der Waals surface area contributed by atoms with Gasteiger partial charge in [0, 0.05) is 11.3 Å². The minimum absolute atomic E-state index is 0.427. The molecule has 0 radical (unpaired) electrons. The van der Waals surface area contributed by atoms with E-state index >= 15 is 0 Å². The molecule has 106 valence electrons. The Labute approximate surface area is 119 Å². The number of nitrogen functional groups attached to an aromatic ring is 1. The molecule has 1 saturated carbocycles. The van der Waals surface area contributed by atoms with Crippen LogP contribution >= 0.6 is 0 Å². The Morgan fingerprint density at radius 2 is 2.05 bits per heavy atom. The molecule has 1 aromatic carbocycles. The lowest BCUT2D eigenvalue weighted by Gasteiger charge is -2.28. The van der Waals surface area contributed by atoms with Gasteiger partial charge >= 0.3 is 0 Å². The monoisotopic (exact) mass is 271 g/mol. The number of nitrogens with zero attached hydrogens (tertiary/aromatic N) is 4. The Morgan fingerprint density at radius 1 is 1.25 bits per heavy atom. The Kier molecular flexibility index (Phi) is 3.67. The molecule has 20 heavy (non-hydrogen) atoms. The zero-order chi connectivity index (χ0) is 13.9. The maximum Gasteiger partial charge on any atom is 0.182 e. The second-order valence-electron chi connectivity index (χ2n) is 5.66. The van der Waals surface area contributed by atoms with E-state index < -0.39 is 0 Å². The van der Waals surface area contributed by atoms with Crippen molar-refractivity contribution in [1.29, 1.82) is 0 Å². The fourth-order valence-electron chi connectivity index (χ4n) is 3.12. The molecule has 2 atom stereocenters. The van der Waals surface area contributed by atoms with Crippen molar-refractivity contribution >= 4 is 5.69 Å². The van der Waals surface area contributed by atoms with E-state index in [2.05, 4.69) is 22.4 Å². The minimum atomic E-state index is 0.427. The standard InChI is InChI=1S/C15H21N5/c1-2-11-4-3-5-14(10-11)20-15(17-18-19-20)12-6-8-13(16)9-7-12/h6-9,11,14H,2-5,10,16H2,1H3. The van der Waals surface area contributed by atoms with E-state index in [1.165, 1.54) is 32.1 Å². The number of rotatable bonds is 3. The summed E-state index contributed by atoms with van der Waals surface area (Å²) in [5.74, 6) is 1.66. The lowest BCUT2D eigenvalue weighted by Crippen LogP contribution is -2.20. The van der Waals surface area contributed by atoms with E-state index in [-0.39, 0.29) is 0 Å². The smallest absolute Gasteiger partial charge is 0.182 e. The normalized spacial score (nSPS) is 22.9. The lowest BCUT2D eigenvalue weighted by molar-refractivity contribution is 0.246. The van der Waals surface area contributed by atoms with Crippen LogP contribution in [0.5, 0.6) is 0 Å². The first-order valence-electron chi connectivity index (χ1n) is 7.41. The zero-order valence-electron chi connectivity index (χ0n) is 11.9. The molecular formula is C15H21N5. The second-order valence-corrected chi connectivity index (χ2v) is 5.66. The molecule has 2 aromatic rings. The predicted octanol–water partition coefficient (Wildman–Crippen LogP) is 3.06. The first-order chi connectivity index (χ1) is 9.78. The summed E-state index contributed by atoms with van der Waals surface area (Å²) in [6.07, 6.45) is 6.21. The molecule has 1 fully saturated rings. The number of benzene rings is 1. The van der Waals surface area contributed by atoms with Gasteiger partial charge < -0.3 is 5.73 Å². The molecule has 5 nitrogen and oxygen atoms in total. The largest absolute Gasteiger partial charge is 0.399 e. The van der Waals surface area contributed by atoms with Crippen molar-refractivity contribution in [3.05, 3.63) is 24.3 Å². The molecule has 0 spiro atoms. The van der Waals surface area contributed by atoms with E-state index in [0.29, 0.717) is 6.04 Å². The van der Waals surface area contributed by atoms with Crippen molar-refractivity contribution in [3.63, 3.8) is 0 Å². The highest BCUT2D eigenvalue weighted by molar-refractivity contribution is 5.58. The molecule has 0 aliphatic heterocycles. The molecule has 1 heterocycles. The van der Waals surface area contributed by atoms with Crippen LogP contribution in [0, 0.1) is 5.92 Å². The molecule has 1 aliphatic carbocycles. The minimum Gasteiger partial charge on any atom is -0.399 e. The number of nitrogens with two attached hydrogens (primary N) is 1. The van der Waals surface area contributed by atoms with Crippen molar-refractivity contribution in [2.75, 3.05) is 5.73 Å². The summed E-state index contributed by atoms with van der Waals surface area (Å²) in [7, 11) is 0. The van der Waals surface area contributed by atoms with E-state index in [4.69, 9.17) is 5.73 Å².